The number of ether oxygens (including phenoxy) is 1. The first kappa shape index (κ1) is 24.8. The molecule has 1 unspecified atom stereocenters. The summed E-state index contributed by atoms with van der Waals surface area (Å²) in [5.74, 6) is -5.42. The van der Waals surface area contributed by atoms with Gasteiger partial charge in [0, 0.05) is 26.0 Å². The quantitative estimate of drug-likeness (QED) is 0.348. The summed E-state index contributed by atoms with van der Waals surface area (Å²) in [4.78, 5) is 47.8. The largest absolute Gasteiger partial charge is 0.463 e. The summed E-state index contributed by atoms with van der Waals surface area (Å²) in [5.41, 5.74) is -3.93. The van der Waals surface area contributed by atoms with Crippen LogP contribution in [0.3, 0.4) is 0 Å². The summed E-state index contributed by atoms with van der Waals surface area (Å²) in [6.07, 6.45) is -3.19. The van der Waals surface area contributed by atoms with Crippen LogP contribution in [0.2, 0.25) is 0 Å². The molecule has 1 fully saturated rings. The van der Waals surface area contributed by atoms with Gasteiger partial charge in [0.15, 0.2) is 0 Å². The van der Waals surface area contributed by atoms with Crippen molar-refractivity contribution in [2.24, 2.45) is 5.92 Å². The van der Waals surface area contributed by atoms with Crippen molar-refractivity contribution in [3.05, 3.63) is 55.2 Å². The van der Waals surface area contributed by atoms with Crippen molar-refractivity contribution in [2.75, 3.05) is 37.0 Å². The van der Waals surface area contributed by atoms with Crippen LogP contribution < -0.4 is 31.8 Å². The zero-order chi connectivity index (χ0) is 26.3. The first-order chi connectivity index (χ1) is 16.9. The molecule has 4 rings (SSSR count). The van der Waals surface area contributed by atoms with E-state index in [1.165, 1.54) is 7.05 Å². The van der Waals surface area contributed by atoms with Gasteiger partial charge in [-0.15, -0.1) is 0 Å². The number of hydrogen-bond donors (Lipinski definition) is 4. The third kappa shape index (κ3) is 4.89. The van der Waals surface area contributed by atoms with Crippen LogP contribution in [0, 0.1) is 5.92 Å². The highest BCUT2D eigenvalue weighted by Crippen LogP contribution is 2.36. The minimum atomic E-state index is -4.73. The maximum absolute atomic E-state index is 14.7. The van der Waals surface area contributed by atoms with E-state index in [2.05, 4.69) is 30.5 Å². The minimum Gasteiger partial charge on any atom is -0.463 e. The molecule has 17 heteroatoms. The molecular weight excluding hydrogens is 499 g/mol. The first-order valence-electron chi connectivity index (χ1n) is 10.2. The van der Waals surface area contributed by atoms with E-state index < -0.39 is 65.4 Å². The molecular formula is C19H17F5N8O4. The Balaban J connectivity index is 1.54. The summed E-state index contributed by atoms with van der Waals surface area (Å²) in [7, 11) is 1.20. The molecule has 1 aliphatic rings. The van der Waals surface area contributed by atoms with Crippen LogP contribution in [0.1, 0.15) is 5.56 Å². The van der Waals surface area contributed by atoms with E-state index >= 15 is 0 Å². The predicted octanol–water partition coefficient (Wildman–Crippen LogP) is 0.815. The zero-order valence-electron chi connectivity index (χ0n) is 18.2. The lowest BCUT2D eigenvalue weighted by molar-refractivity contribution is -0.137. The molecule has 0 amide bonds. The normalized spacial score (nSPS) is 17.3. The third-order valence-corrected chi connectivity index (χ3v) is 5.38. The number of nitrogens with one attached hydrogen (secondary N) is 4. The van der Waals surface area contributed by atoms with Gasteiger partial charge in [-0.3, -0.25) is 14.6 Å². The number of hydrogen-bond acceptors (Lipinski definition) is 9. The van der Waals surface area contributed by atoms with Crippen LogP contribution in [0.4, 0.5) is 33.5 Å². The summed E-state index contributed by atoms with van der Waals surface area (Å²) < 4.78 is 73.6. The molecule has 0 radical (unpaired) electrons. The SMILES string of the molecule is CNc1nc(OCC2CN(c3cc(-c4c[nH]c(=O)[nH]c4=O)n[nH]c3=O)CC2(F)F)ncc1C(F)(F)F. The van der Waals surface area contributed by atoms with E-state index in [4.69, 9.17) is 4.74 Å². The monoisotopic (exact) mass is 516 g/mol. The van der Waals surface area contributed by atoms with Gasteiger partial charge in [-0.25, -0.2) is 23.7 Å². The van der Waals surface area contributed by atoms with E-state index in [0.29, 0.717) is 6.20 Å². The lowest BCUT2D eigenvalue weighted by Crippen LogP contribution is -2.32. The average molecular weight is 516 g/mol. The Kier molecular flexibility index (Phi) is 6.23. The minimum absolute atomic E-state index is 0.0807. The van der Waals surface area contributed by atoms with Crippen LogP contribution in [-0.2, 0) is 6.18 Å². The molecule has 1 aliphatic heterocycles. The molecule has 3 aromatic rings. The van der Waals surface area contributed by atoms with E-state index in [1.54, 1.807) is 0 Å². The van der Waals surface area contributed by atoms with Crippen molar-refractivity contribution in [1.82, 2.24) is 30.1 Å². The second-order valence-corrected chi connectivity index (χ2v) is 7.77. The number of anilines is 2. The fourth-order valence-corrected chi connectivity index (χ4v) is 3.58. The smallest absolute Gasteiger partial charge is 0.421 e. The summed E-state index contributed by atoms with van der Waals surface area (Å²) in [6, 6.07) is 0.585. The van der Waals surface area contributed by atoms with Crippen LogP contribution in [0.15, 0.2) is 32.8 Å². The molecule has 192 valence electrons. The summed E-state index contributed by atoms with van der Waals surface area (Å²) >= 11 is 0. The molecule has 4 heterocycles. The van der Waals surface area contributed by atoms with Gasteiger partial charge in [0.25, 0.3) is 17.0 Å². The number of aromatic nitrogens is 6. The van der Waals surface area contributed by atoms with Gasteiger partial charge < -0.3 is 19.9 Å². The van der Waals surface area contributed by atoms with Gasteiger partial charge in [0.05, 0.1) is 23.7 Å². The molecule has 0 aromatic carbocycles. The molecule has 3 aromatic heterocycles. The third-order valence-electron chi connectivity index (χ3n) is 5.38. The van der Waals surface area contributed by atoms with Gasteiger partial charge in [0.1, 0.15) is 23.7 Å². The molecule has 36 heavy (non-hydrogen) atoms. The number of rotatable bonds is 6. The predicted molar refractivity (Wildman–Crippen MR) is 114 cm³/mol. The molecule has 1 atom stereocenters. The Hall–Kier alpha value is -4.31. The van der Waals surface area contributed by atoms with Crippen molar-refractivity contribution < 1.29 is 26.7 Å². The zero-order valence-corrected chi connectivity index (χ0v) is 18.2. The Morgan fingerprint density at radius 2 is 2.00 bits per heavy atom. The van der Waals surface area contributed by atoms with Gasteiger partial charge >= 0.3 is 17.9 Å². The molecule has 0 saturated carbocycles. The fraction of sp³-hybridized carbons (Fsp3) is 0.368. The second-order valence-electron chi connectivity index (χ2n) is 7.77. The number of halogens is 5. The van der Waals surface area contributed by atoms with Gasteiger partial charge in [-0.2, -0.15) is 23.3 Å². The van der Waals surface area contributed by atoms with Gasteiger partial charge in [-0.05, 0) is 6.07 Å². The van der Waals surface area contributed by atoms with Crippen molar-refractivity contribution in [3.8, 4) is 17.3 Å². The lowest BCUT2D eigenvalue weighted by atomic mass is 10.1. The van der Waals surface area contributed by atoms with Crippen LogP contribution >= 0.6 is 0 Å². The Bertz CT molecular complexity index is 1450. The topological polar surface area (TPSA) is 162 Å². The van der Waals surface area contributed by atoms with Crippen LogP contribution in [-0.4, -0.2) is 62.8 Å². The fourth-order valence-electron chi connectivity index (χ4n) is 3.58. The highest BCUT2D eigenvalue weighted by molar-refractivity contribution is 5.62. The number of nitrogens with zero attached hydrogens (tertiary/aromatic N) is 4. The molecule has 0 spiro atoms. The maximum atomic E-state index is 14.7. The number of alkyl halides is 5. The number of aromatic amines is 3. The summed E-state index contributed by atoms with van der Waals surface area (Å²) in [5, 5.41) is 8.10. The molecule has 0 aliphatic carbocycles. The van der Waals surface area contributed by atoms with Crippen molar-refractivity contribution in [2.45, 2.75) is 12.1 Å². The number of H-pyrrole nitrogens is 3. The lowest BCUT2D eigenvalue weighted by Gasteiger charge is -2.17. The Labute approximate surface area is 196 Å². The average Bonchev–Trinajstić information content (AvgIpc) is 3.11. The highest BCUT2D eigenvalue weighted by atomic mass is 19.4. The summed E-state index contributed by atoms with van der Waals surface area (Å²) in [6.45, 7) is -1.92. The standard InChI is InChI=1S/C19H17F5N8O4/c1-25-13-10(19(22,23)24)4-27-17(28-13)36-6-8-5-32(7-18(8,20)21)12-2-11(30-31-15(12)34)9-3-26-16(35)29-14(9)33/h2-4,8H,5-7H2,1H3,(H,31,34)(H,25,27,28)(H2,26,29,33,35). The molecule has 4 N–H and O–H groups in total. The van der Waals surface area contributed by atoms with Gasteiger partial charge in [0.2, 0.25) is 0 Å². The van der Waals surface area contributed by atoms with Crippen molar-refractivity contribution >= 4 is 11.5 Å². The van der Waals surface area contributed by atoms with Crippen LogP contribution in [0.25, 0.3) is 11.3 Å². The molecule has 12 nitrogen and oxygen atoms in total. The maximum Gasteiger partial charge on any atom is 0.421 e. The highest BCUT2D eigenvalue weighted by Gasteiger charge is 2.49. The van der Waals surface area contributed by atoms with Gasteiger partial charge in [-0.1, -0.05) is 0 Å². The van der Waals surface area contributed by atoms with E-state index in [-0.39, 0.29) is 23.5 Å². The Morgan fingerprint density at radius 3 is 2.67 bits per heavy atom. The first-order valence-corrected chi connectivity index (χ1v) is 10.2. The van der Waals surface area contributed by atoms with E-state index in [9.17, 15) is 36.3 Å². The second kappa shape index (κ2) is 9.04. The molecule has 0 bridgehead atoms. The van der Waals surface area contributed by atoms with E-state index in [1.807, 2.05) is 4.98 Å². The van der Waals surface area contributed by atoms with Crippen molar-refractivity contribution in [1.29, 1.82) is 0 Å². The Morgan fingerprint density at radius 1 is 1.25 bits per heavy atom. The molecule has 1 saturated heterocycles. The van der Waals surface area contributed by atoms with E-state index in [0.717, 1.165) is 17.2 Å². The van der Waals surface area contributed by atoms with Crippen LogP contribution in [0.5, 0.6) is 6.01 Å². The van der Waals surface area contributed by atoms with Crippen molar-refractivity contribution in [3.63, 3.8) is 0 Å².